The fourth-order valence-electron chi connectivity index (χ4n) is 3.86. The summed E-state index contributed by atoms with van der Waals surface area (Å²) in [6, 6.07) is 6.45. The van der Waals surface area contributed by atoms with E-state index in [4.69, 9.17) is 5.11 Å². The number of ether oxygens (including phenoxy) is 1. The smallest absolute Gasteiger partial charge is 0.504 e. The molecule has 0 radical (unpaired) electrons. The van der Waals surface area contributed by atoms with Gasteiger partial charge in [-0.25, -0.2) is 4.79 Å². The largest absolute Gasteiger partial charge is 0.511 e. The molecule has 2 aromatic heterocycles. The number of nitrogens with one attached hydrogen (secondary N) is 3. The van der Waals surface area contributed by atoms with E-state index in [1.807, 2.05) is 19.2 Å². The van der Waals surface area contributed by atoms with Gasteiger partial charge in [0.2, 0.25) is 5.75 Å². The molecule has 0 spiro atoms. The van der Waals surface area contributed by atoms with Crippen molar-refractivity contribution in [3.05, 3.63) is 39.8 Å². The number of aryl methyl sites for hydroxylation is 1. The van der Waals surface area contributed by atoms with Crippen molar-refractivity contribution < 1.29 is 19.7 Å². The zero-order valence-corrected chi connectivity index (χ0v) is 18.2. The second-order valence-electron chi connectivity index (χ2n) is 7.72. The molecule has 166 valence electrons. The summed E-state index contributed by atoms with van der Waals surface area (Å²) in [5.41, 5.74) is 3.84. The number of pyridine rings is 1. The first-order valence-electron chi connectivity index (χ1n) is 9.75. The minimum absolute atomic E-state index is 0. The van der Waals surface area contributed by atoms with Gasteiger partial charge in [-0.2, -0.15) is 0 Å². The lowest BCUT2D eigenvalue weighted by atomic mass is 10.0. The number of carbonyl (C=O) groups is 1. The minimum Gasteiger partial charge on any atom is -0.504 e. The highest BCUT2D eigenvalue weighted by molar-refractivity contribution is 5.94. The average Bonchev–Trinajstić information content (AvgIpc) is 2.87. The van der Waals surface area contributed by atoms with E-state index in [0.29, 0.717) is 30.3 Å². The number of halogens is 1. The molecule has 0 atom stereocenters. The number of aromatic amines is 1. The molecule has 1 aliphatic heterocycles. The molecule has 0 saturated carbocycles. The van der Waals surface area contributed by atoms with Gasteiger partial charge >= 0.3 is 6.16 Å². The molecule has 3 aromatic rings. The third-order valence-corrected chi connectivity index (χ3v) is 5.37. The van der Waals surface area contributed by atoms with Crippen LogP contribution in [0.15, 0.2) is 23.0 Å². The third-order valence-electron chi connectivity index (χ3n) is 5.37. The van der Waals surface area contributed by atoms with Crippen molar-refractivity contribution in [2.24, 2.45) is 7.05 Å². The summed E-state index contributed by atoms with van der Waals surface area (Å²) < 4.78 is 6.63. The Morgan fingerprint density at radius 1 is 1.32 bits per heavy atom. The molecule has 0 amide bonds. The van der Waals surface area contributed by atoms with Crippen LogP contribution in [-0.4, -0.2) is 38.5 Å². The number of hydrogen-bond donors (Lipinski definition) is 5. The molecule has 0 unspecified atom stereocenters. The van der Waals surface area contributed by atoms with E-state index in [1.54, 1.807) is 0 Å². The van der Waals surface area contributed by atoms with Gasteiger partial charge in [0.25, 0.3) is 5.56 Å². The molecular weight excluding hydrogens is 424 g/mol. The molecule has 1 aliphatic rings. The number of aromatic hydroxyl groups is 1. The lowest BCUT2D eigenvalue weighted by Gasteiger charge is -2.13. The molecule has 9 nitrogen and oxygen atoms in total. The van der Waals surface area contributed by atoms with Gasteiger partial charge in [-0.3, -0.25) is 4.79 Å². The summed E-state index contributed by atoms with van der Waals surface area (Å²) in [7, 11) is 2.01. The summed E-state index contributed by atoms with van der Waals surface area (Å²) in [6.07, 6.45) is -1.26. The second kappa shape index (κ2) is 8.52. The topological polar surface area (TPSA) is 129 Å². The Kier molecular flexibility index (Phi) is 6.19. The summed E-state index contributed by atoms with van der Waals surface area (Å²) in [6.45, 7) is 5.42. The maximum Gasteiger partial charge on any atom is 0.511 e. The number of aromatic nitrogens is 2. The molecule has 3 heterocycles. The van der Waals surface area contributed by atoms with Crippen molar-refractivity contribution in [1.82, 2.24) is 14.9 Å². The molecular formula is C21H25ClN4O5. The van der Waals surface area contributed by atoms with Crippen LogP contribution in [0, 0.1) is 0 Å². The Hall–Kier alpha value is -3.17. The highest BCUT2D eigenvalue weighted by Gasteiger charge is 2.25. The molecule has 0 bridgehead atoms. The van der Waals surface area contributed by atoms with Crippen LogP contribution in [0.25, 0.3) is 22.2 Å². The Balaban J connectivity index is 0.00000272. The molecule has 10 heteroatoms. The van der Waals surface area contributed by atoms with Gasteiger partial charge < -0.3 is 35.1 Å². The predicted octanol–water partition coefficient (Wildman–Crippen LogP) is 3.18. The zero-order valence-electron chi connectivity index (χ0n) is 17.4. The van der Waals surface area contributed by atoms with E-state index in [9.17, 15) is 14.7 Å². The first-order chi connectivity index (χ1) is 14.3. The number of fused-ring (bicyclic) bond motifs is 4. The molecule has 4 rings (SSSR count). The Morgan fingerprint density at radius 2 is 2.06 bits per heavy atom. The van der Waals surface area contributed by atoms with Gasteiger partial charge in [0, 0.05) is 54.1 Å². The normalized spacial score (nSPS) is 12.5. The molecule has 0 saturated heterocycles. The summed E-state index contributed by atoms with van der Waals surface area (Å²) in [5, 5.41) is 27.2. The van der Waals surface area contributed by atoms with Crippen LogP contribution in [0.5, 0.6) is 11.5 Å². The fourth-order valence-corrected chi connectivity index (χ4v) is 3.86. The quantitative estimate of drug-likeness (QED) is 0.387. The average molecular weight is 449 g/mol. The highest BCUT2D eigenvalue weighted by atomic mass is 35.5. The van der Waals surface area contributed by atoms with Crippen LogP contribution in [0.2, 0.25) is 0 Å². The first-order valence-corrected chi connectivity index (χ1v) is 9.75. The molecule has 31 heavy (non-hydrogen) atoms. The maximum absolute atomic E-state index is 12.4. The number of benzene rings is 1. The number of rotatable bonds is 4. The van der Waals surface area contributed by atoms with Crippen molar-refractivity contribution >= 4 is 35.2 Å². The van der Waals surface area contributed by atoms with Gasteiger partial charge in [-0.1, -0.05) is 13.8 Å². The fraction of sp³-hybridized carbons (Fsp3) is 0.333. The third kappa shape index (κ3) is 4.06. The summed E-state index contributed by atoms with van der Waals surface area (Å²) >= 11 is 0. The lowest BCUT2D eigenvalue weighted by Crippen LogP contribution is -2.22. The van der Waals surface area contributed by atoms with Crippen LogP contribution < -0.4 is 20.9 Å². The van der Waals surface area contributed by atoms with Gasteiger partial charge in [-0.15, -0.1) is 12.4 Å². The Labute approximate surface area is 184 Å². The van der Waals surface area contributed by atoms with Crippen LogP contribution >= 0.6 is 12.4 Å². The summed E-state index contributed by atoms with van der Waals surface area (Å²) in [5.74, 6) is -1.05. The van der Waals surface area contributed by atoms with Gasteiger partial charge in [0.1, 0.15) is 0 Å². The van der Waals surface area contributed by atoms with Gasteiger partial charge in [-0.05, 0) is 24.6 Å². The van der Waals surface area contributed by atoms with Crippen LogP contribution in [-0.2, 0) is 20.0 Å². The monoisotopic (exact) mass is 448 g/mol. The van der Waals surface area contributed by atoms with Crippen molar-refractivity contribution in [3.8, 4) is 22.8 Å². The standard InChI is InChI=1S/C21H24N4O5.ClH/c1-10(2)23-9-12-6-11-7-14-15(8-16(11)25(12)3)22-5-4-13-17(14)24-20(27)19(18(13)26)30-21(28)29;/h6-8,10,22-23H,4-5,9H2,1-3H3,(H,28,29)(H2,24,26,27);1H. The highest BCUT2D eigenvalue weighted by Crippen LogP contribution is 2.40. The maximum atomic E-state index is 12.4. The van der Waals surface area contributed by atoms with Crippen LogP contribution in [0.1, 0.15) is 25.1 Å². The van der Waals surface area contributed by atoms with E-state index in [0.717, 1.165) is 34.4 Å². The minimum atomic E-state index is -1.66. The molecule has 0 aliphatic carbocycles. The van der Waals surface area contributed by atoms with Crippen LogP contribution in [0.3, 0.4) is 0 Å². The van der Waals surface area contributed by atoms with E-state index in [2.05, 4.69) is 44.8 Å². The number of carboxylic acid groups (broad SMARTS) is 1. The van der Waals surface area contributed by atoms with Gasteiger partial charge in [0.15, 0.2) is 5.75 Å². The molecule has 1 aromatic carbocycles. The van der Waals surface area contributed by atoms with E-state index in [1.165, 1.54) is 0 Å². The number of hydrogen-bond acceptors (Lipinski definition) is 6. The van der Waals surface area contributed by atoms with Crippen molar-refractivity contribution in [2.75, 3.05) is 11.9 Å². The molecule has 0 fully saturated rings. The van der Waals surface area contributed by atoms with Crippen LogP contribution in [0.4, 0.5) is 10.5 Å². The SMILES string of the molecule is CC(C)NCc1cc2cc3c(cc2n1C)NCCc1c-3[nH]c(=O)c(OC(=O)O)c1O.Cl. The Bertz CT molecular complexity index is 1210. The number of H-pyrrole nitrogens is 1. The van der Waals surface area contributed by atoms with E-state index in [-0.39, 0.29) is 12.4 Å². The van der Waals surface area contributed by atoms with Crippen molar-refractivity contribution in [2.45, 2.75) is 32.9 Å². The second-order valence-corrected chi connectivity index (χ2v) is 7.72. The van der Waals surface area contributed by atoms with Crippen molar-refractivity contribution in [1.29, 1.82) is 0 Å². The van der Waals surface area contributed by atoms with E-state index < -0.39 is 23.2 Å². The van der Waals surface area contributed by atoms with E-state index >= 15 is 0 Å². The molecule has 5 N–H and O–H groups in total. The Morgan fingerprint density at radius 3 is 2.74 bits per heavy atom. The first kappa shape index (κ1) is 22.5. The van der Waals surface area contributed by atoms with Gasteiger partial charge in [0.05, 0.1) is 11.2 Å². The lowest BCUT2D eigenvalue weighted by molar-refractivity contribution is 0.142. The number of anilines is 1. The summed E-state index contributed by atoms with van der Waals surface area (Å²) in [4.78, 5) is 26.0. The van der Waals surface area contributed by atoms with Crippen molar-refractivity contribution in [3.63, 3.8) is 0 Å². The zero-order chi connectivity index (χ0) is 21.6. The number of nitrogens with zero attached hydrogens (tertiary/aromatic N) is 1. The predicted molar refractivity (Wildman–Crippen MR) is 121 cm³/mol.